The summed E-state index contributed by atoms with van der Waals surface area (Å²) in [6.07, 6.45) is 8.14. The standard InChI is InChI=1S/C20H24N6O2/c1-13-10-16(23-20(22-13)19-14(2)24-28-15(19)3)17-6-4-5-8-26(17)18(27)11-25-9-7-21-12-25/h7,9-10,12,17H,4-6,8,11H2,1-3H3. The van der Waals surface area contributed by atoms with Gasteiger partial charge in [0.05, 0.1) is 29.3 Å². The van der Waals surface area contributed by atoms with Crippen molar-refractivity contribution in [1.29, 1.82) is 0 Å². The van der Waals surface area contributed by atoms with E-state index in [-0.39, 0.29) is 18.5 Å². The number of carbonyl (C=O) groups excluding carboxylic acids is 1. The van der Waals surface area contributed by atoms with Gasteiger partial charge in [0, 0.05) is 24.6 Å². The smallest absolute Gasteiger partial charge is 0.243 e. The fraction of sp³-hybridized carbons (Fsp3) is 0.450. The fourth-order valence-corrected chi connectivity index (χ4v) is 3.84. The van der Waals surface area contributed by atoms with Gasteiger partial charge in [0.1, 0.15) is 12.3 Å². The summed E-state index contributed by atoms with van der Waals surface area (Å²) in [7, 11) is 0. The Labute approximate surface area is 163 Å². The molecule has 1 aliphatic heterocycles. The summed E-state index contributed by atoms with van der Waals surface area (Å²) >= 11 is 0. The molecule has 1 aliphatic rings. The summed E-state index contributed by atoms with van der Waals surface area (Å²) in [4.78, 5) is 28.4. The molecule has 28 heavy (non-hydrogen) atoms. The van der Waals surface area contributed by atoms with E-state index in [2.05, 4.69) is 15.1 Å². The Morgan fingerprint density at radius 1 is 1.25 bits per heavy atom. The minimum absolute atomic E-state index is 0.0503. The van der Waals surface area contributed by atoms with Crippen LogP contribution in [0, 0.1) is 20.8 Å². The Kier molecular flexibility index (Phi) is 4.93. The van der Waals surface area contributed by atoms with Gasteiger partial charge in [-0.3, -0.25) is 4.79 Å². The highest BCUT2D eigenvalue weighted by molar-refractivity contribution is 5.76. The van der Waals surface area contributed by atoms with Gasteiger partial charge in [-0.2, -0.15) is 0 Å². The lowest BCUT2D eigenvalue weighted by atomic mass is 9.98. The molecule has 0 saturated carbocycles. The number of likely N-dealkylation sites (tertiary alicyclic amines) is 1. The number of hydrogen-bond acceptors (Lipinski definition) is 6. The molecule has 0 spiro atoms. The van der Waals surface area contributed by atoms with E-state index in [1.54, 1.807) is 23.3 Å². The molecule has 1 saturated heterocycles. The van der Waals surface area contributed by atoms with Crippen LogP contribution in [0.3, 0.4) is 0 Å². The number of piperidine rings is 1. The number of nitrogens with zero attached hydrogens (tertiary/aromatic N) is 6. The molecule has 146 valence electrons. The number of amides is 1. The molecule has 1 fully saturated rings. The minimum atomic E-state index is -0.0503. The van der Waals surface area contributed by atoms with Gasteiger partial charge in [0.15, 0.2) is 5.82 Å². The summed E-state index contributed by atoms with van der Waals surface area (Å²) in [5.41, 5.74) is 3.34. The molecule has 1 atom stereocenters. The summed E-state index contributed by atoms with van der Waals surface area (Å²) < 4.78 is 7.09. The van der Waals surface area contributed by atoms with E-state index in [0.29, 0.717) is 11.6 Å². The summed E-state index contributed by atoms with van der Waals surface area (Å²) in [5, 5.41) is 4.02. The normalized spacial score (nSPS) is 17.1. The van der Waals surface area contributed by atoms with E-state index in [1.807, 2.05) is 31.7 Å². The van der Waals surface area contributed by atoms with Gasteiger partial charge in [-0.15, -0.1) is 0 Å². The van der Waals surface area contributed by atoms with Gasteiger partial charge in [-0.1, -0.05) is 5.16 Å². The van der Waals surface area contributed by atoms with Gasteiger partial charge >= 0.3 is 0 Å². The van der Waals surface area contributed by atoms with Crippen molar-refractivity contribution in [2.75, 3.05) is 6.54 Å². The molecule has 4 heterocycles. The molecular formula is C20H24N6O2. The third-order valence-electron chi connectivity index (χ3n) is 5.17. The van der Waals surface area contributed by atoms with Gasteiger partial charge in [-0.25, -0.2) is 15.0 Å². The van der Waals surface area contributed by atoms with Crippen LogP contribution in [0.15, 0.2) is 29.3 Å². The lowest BCUT2D eigenvalue weighted by Crippen LogP contribution is -2.40. The fourth-order valence-electron chi connectivity index (χ4n) is 3.84. The second-order valence-corrected chi connectivity index (χ2v) is 7.29. The van der Waals surface area contributed by atoms with Crippen molar-refractivity contribution >= 4 is 5.91 Å². The van der Waals surface area contributed by atoms with Crippen LogP contribution >= 0.6 is 0 Å². The monoisotopic (exact) mass is 380 g/mol. The topological polar surface area (TPSA) is 89.9 Å². The molecule has 0 aliphatic carbocycles. The maximum Gasteiger partial charge on any atom is 0.243 e. The number of aryl methyl sites for hydroxylation is 3. The van der Waals surface area contributed by atoms with Crippen molar-refractivity contribution in [2.24, 2.45) is 0 Å². The van der Waals surface area contributed by atoms with Crippen molar-refractivity contribution in [3.63, 3.8) is 0 Å². The van der Waals surface area contributed by atoms with E-state index in [0.717, 1.165) is 48.5 Å². The predicted octanol–water partition coefficient (Wildman–Crippen LogP) is 3.01. The number of aromatic nitrogens is 5. The molecule has 1 amide bonds. The van der Waals surface area contributed by atoms with Gasteiger partial charge in [-0.05, 0) is 46.1 Å². The molecule has 0 aromatic carbocycles. The highest BCUT2D eigenvalue weighted by atomic mass is 16.5. The Bertz CT molecular complexity index is 959. The van der Waals surface area contributed by atoms with Gasteiger partial charge in [0.2, 0.25) is 5.91 Å². The molecule has 0 bridgehead atoms. The van der Waals surface area contributed by atoms with Crippen LogP contribution in [0.2, 0.25) is 0 Å². The number of hydrogen-bond donors (Lipinski definition) is 0. The zero-order valence-electron chi connectivity index (χ0n) is 16.4. The van der Waals surface area contributed by atoms with Crippen LogP contribution in [0.25, 0.3) is 11.4 Å². The molecule has 4 rings (SSSR count). The van der Waals surface area contributed by atoms with Crippen LogP contribution < -0.4 is 0 Å². The van der Waals surface area contributed by atoms with E-state index >= 15 is 0 Å². The quantitative estimate of drug-likeness (QED) is 0.691. The molecular weight excluding hydrogens is 356 g/mol. The third kappa shape index (κ3) is 3.54. The minimum Gasteiger partial charge on any atom is -0.361 e. The van der Waals surface area contributed by atoms with Crippen LogP contribution in [-0.4, -0.2) is 42.0 Å². The second-order valence-electron chi connectivity index (χ2n) is 7.29. The van der Waals surface area contributed by atoms with Gasteiger partial charge < -0.3 is 14.0 Å². The number of imidazole rings is 1. The lowest BCUT2D eigenvalue weighted by Gasteiger charge is -2.35. The summed E-state index contributed by atoms with van der Waals surface area (Å²) in [6, 6.07) is 1.93. The number of carbonyl (C=O) groups is 1. The zero-order valence-corrected chi connectivity index (χ0v) is 16.4. The first-order chi connectivity index (χ1) is 13.5. The van der Waals surface area contributed by atoms with Crippen molar-refractivity contribution in [3.8, 4) is 11.4 Å². The molecule has 8 nitrogen and oxygen atoms in total. The molecule has 1 unspecified atom stereocenters. The Balaban J connectivity index is 1.67. The first-order valence-corrected chi connectivity index (χ1v) is 9.57. The second kappa shape index (κ2) is 7.53. The molecule has 0 radical (unpaired) electrons. The largest absolute Gasteiger partial charge is 0.361 e. The van der Waals surface area contributed by atoms with E-state index in [4.69, 9.17) is 9.51 Å². The third-order valence-corrected chi connectivity index (χ3v) is 5.17. The lowest BCUT2D eigenvalue weighted by molar-refractivity contribution is -0.135. The SMILES string of the molecule is Cc1cc(C2CCCCN2C(=O)Cn2ccnc2)nc(-c2c(C)noc2C)n1. The first-order valence-electron chi connectivity index (χ1n) is 9.57. The predicted molar refractivity (Wildman–Crippen MR) is 102 cm³/mol. The number of rotatable bonds is 4. The maximum atomic E-state index is 13.0. The van der Waals surface area contributed by atoms with E-state index < -0.39 is 0 Å². The van der Waals surface area contributed by atoms with Crippen LogP contribution in [0.4, 0.5) is 0 Å². The first kappa shape index (κ1) is 18.3. The van der Waals surface area contributed by atoms with Crippen molar-refractivity contribution in [1.82, 2.24) is 29.6 Å². The molecule has 0 N–H and O–H groups in total. The highest BCUT2D eigenvalue weighted by Crippen LogP contribution is 2.32. The highest BCUT2D eigenvalue weighted by Gasteiger charge is 2.30. The van der Waals surface area contributed by atoms with Crippen molar-refractivity contribution in [2.45, 2.75) is 52.6 Å². The van der Waals surface area contributed by atoms with E-state index in [1.165, 1.54) is 0 Å². The van der Waals surface area contributed by atoms with Gasteiger partial charge in [0.25, 0.3) is 0 Å². The summed E-state index contributed by atoms with van der Waals surface area (Å²) in [6.45, 7) is 6.73. The van der Waals surface area contributed by atoms with Crippen LogP contribution in [0.1, 0.15) is 48.1 Å². The Morgan fingerprint density at radius 3 is 2.82 bits per heavy atom. The van der Waals surface area contributed by atoms with Crippen molar-refractivity contribution < 1.29 is 9.32 Å². The Morgan fingerprint density at radius 2 is 2.11 bits per heavy atom. The van der Waals surface area contributed by atoms with E-state index in [9.17, 15) is 4.79 Å². The summed E-state index contributed by atoms with van der Waals surface area (Å²) in [5.74, 6) is 1.39. The molecule has 3 aromatic heterocycles. The van der Waals surface area contributed by atoms with Crippen LogP contribution in [-0.2, 0) is 11.3 Å². The van der Waals surface area contributed by atoms with Crippen molar-refractivity contribution in [3.05, 3.63) is 47.6 Å². The zero-order chi connectivity index (χ0) is 19.7. The average molecular weight is 380 g/mol. The van der Waals surface area contributed by atoms with Crippen LogP contribution in [0.5, 0.6) is 0 Å². The average Bonchev–Trinajstić information content (AvgIpc) is 3.30. The molecule has 8 heteroatoms. The Hall–Kier alpha value is -3.03. The molecule has 3 aromatic rings. The maximum absolute atomic E-state index is 13.0.